The average molecular weight is 343 g/mol. The lowest BCUT2D eigenvalue weighted by Crippen LogP contribution is -2.13. The molecule has 124 valence electrons. The van der Waals surface area contributed by atoms with Crippen LogP contribution in [0.1, 0.15) is 46.6 Å². The number of ether oxygens (including phenoxy) is 1. The van der Waals surface area contributed by atoms with Gasteiger partial charge in [0.05, 0.1) is 34.3 Å². The number of benzene rings is 1. The van der Waals surface area contributed by atoms with Gasteiger partial charge in [0.15, 0.2) is 0 Å². The van der Waals surface area contributed by atoms with Crippen molar-refractivity contribution in [1.82, 2.24) is 15.0 Å². The molecule has 0 unspecified atom stereocenters. The fraction of sp³-hybridized carbons (Fsp3) is 0.294. The van der Waals surface area contributed by atoms with E-state index < -0.39 is 5.97 Å². The number of carbonyl (C=O) groups is 1. The fourth-order valence-electron chi connectivity index (χ4n) is 2.36. The zero-order valence-corrected chi connectivity index (χ0v) is 14.4. The predicted octanol–water partition coefficient (Wildman–Crippen LogP) is 2.88. The summed E-state index contributed by atoms with van der Waals surface area (Å²) < 4.78 is 4.71. The molecule has 0 saturated heterocycles. The molecule has 24 heavy (non-hydrogen) atoms. The van der Waals surface area contributed by atoms with E-state index in [-0.39, 0.29) is 5.56 Å². The van der Waals surface area contributed by atoms with E-state index in [2.05, 4.69) is 28.8 Å². The molecule has 0 atom stereocenters. The average Bonchev–Trinajstić information content (AvgIpc) is 3.02. The van der Waals surface area contributed by atoms with Gasteiger partial charge in [-0.3, -0.25) is 4.79 Å². The molecule has 3 aromatic rings. The van der Waals surface area contributed by atoms with Gasteiger partial charge in [-0.05, 0) is 18.2 Å². The summed E-state index contributed by atoms with van der Waals surface area (Å²) in [6, 6.07) is 4.71. The van der Waals surface area contributed by atoms with Crippen molar-refractivity contribution in [3.8, 4) is 0 Å². The normalized spacial score (nSPS) is 11.2. The third kappa shape index (κ3) is 3.21. The minimum atomic E-state index is -0.457. The number of hydrogen-bond donors (Lipinski definition) is 1. The number of rotatable bonds is 4. The number of nitrogens with one attached hydrogen (secondary N) is 1. The summed E-state index contributed by atoms with van der Waals surface area (Å²) in [5, 5.41) is 3.47. The minimum Gasteiger partial charge on any atom is -0.465 e. The number of methoxy groups -OCH3 is 1. The van der Waals surface area contributed by atoms with Crippen molar-refractivity contribution in [2.75, 3.05) is 7.11 Å². The molecule has 1 N–H and O–H groups in total. The summed E-state index contributed by atoms with van der Waals surface area (Å²) >= 11 is 1.60. The molecule has 2 heterocycles. The summed E-state index contributed by atoms with van der Waals surface area (Å²) in [7, 11) is 1.32. The number of hydrogen-bond acceptors (Lipinski definition) is 6. The van der Waals surface area contributed by atoms with Crippen LogP contribution in [0.25, 0.3) is 10.9 Å². The lowest BCUT2D eigenvalue weighted by molar-refractivity contribution is 0.0601. The number of aromatic nitrogens is 3. The lowest BCUT2D eigenvalue weighted by Gasteiger charge is -2.04. The van der Waals surface area contributed by atoms with E-state index >= 15 is 0 Å². The highest BCUT2D eigenvalue weighted by molar-refractivity contribution is 7.09. The Bertz CT molecular complexity index is 959. The second kappa shape index (κ2) is 6.52. The largest absolute Gasteiger partial charge is 0.465 e. The molecule has 1 aromatic carbocycles. The SMILES string of the molecule is COC(=O)c1ccc2c(=O)[nH]c(Cc3csc(C(C)C)n3)nc2c1. The summed E-state index contributed by atoms with van der Waals surface area (Å²) in [5.74, 6) is 0.437. The molecule has 0 fully saturated rings. The maximum atomic E-state index is 12.2. The Balaban J connectivity index is 1.98. The van der Waals surface area contributed by atoms with Crippen LogP contribution in [0.3, 0.4) is 0 Å². The molecule has 0 radical (unpaired) electrons. The van der Waals surface area contributed by atoms with E-state index in [1.165, 1.54) is 7.11 Å². The standard InChI is InChI=1S/C17H17N3O3S/c1-9(2)16-18-11(8-24-16)7-14-19-13-6-10(17(22)23-3)4-5-12(13)15(21)20-14/h4-6,8-9H,7H2,1-3H3,(H,19,20,21). The van der Waals surface area contributed by atoms with Crippen molar-refractivity contribution in [3.63, 3.8) is 0 Å². The molecule has 6 nitrogen and oxygen atoms in total. The Morgan fingerprint density at radius 1 is 1.33 bits per heavy atom. The van der Waals surface area contributed by atoms with Crippen molar-refractivity contribution in [3.05, 3.63) is 56.0 Å². The molecule has 0 aliphatic rings. The molecule has 0 bridgehead atoms. The van der Waals surface area contributed by atoms with E-state index in [0.29, 0.717) is 34.6 Å². The summed E-state index contributed by atoms with van der Waals surface area (Å²) in [6.07, 6.45) is 0.441. The van der Waals surface area contributed by atoms with E-state index in [0.717, 1.165) is 10.7 Å². The zero-order valence-electron chi connectivity index (χ0n) is 13.6. The van der Waals surface area contributed by atoms with Crippen LogP contribution in [-0.4, -0.2) is 28.0 Å². The lowest BCUT2D eigenvalue weighted by atomic mass is 10.1. The quantitative estimate of drug-likeness (QED) is 0.736. The van der Waals surface area contributed by atoms with Crippen LogP contribution in [-0.2, 0) is 11.2 Å². The molecular weight excluding hydrogens is 326 g/mol. The van der Waals surface area contributed by atoms with Crippen LogP contribution < -0.4 is 5.56 Å². The molecule has 0 aliphatic heterocycles. The van der Waals surface area contributed by atoms with Gasteiger partial charge in [0.1, 0.15) is 5.82 Å². The Morgan fingerprint density at radius 2 is 2.12 bits per heavy atom. The monoisotopic (exact) mass is 343 g/mol. The third-order valence-electron chi connectivity index (χ3n) is 3.59. The van der Waals surface area contributed by atoms with Gasteiger partial charge in [-0.2, -0.15) is 0 Å². The maximum absolute atomic E-state index is 12.2. The first-order valence-electron chi connectivity index (χ1n) is 7.53. The molecule has 3 rings (SSSR count). The summed E-state index contributed by atoms with van der Waals surface area (Å²) in [4.78, 5) is 35.7. The van der Waals surface area contributed by atoms with Crippen molar-refractivity contribution in [2.24, 2.45) is 0 Å². The molecule has 0 saturated carbocycles. The van der Waals surface area contributed by atoms with Gasteiger partial charge in [-0.1, -0.05) is 13.8 Å². The highest BCUT2D eigenvalue weighted by Crippen LogP contribution is 2.20. The van der Waals surface area contributed by atoms with Crippen molar-refractivity contribution in [1.29, 1.82) is 0 Å². The molecule has 0 aliphatic carbocycles. The van der Waals surface area contributed by atoms with Gasteiger partial charge in [-0.15, -0.1) is 11.3 Å². The van der Waals surface area contributed by atoms with Crippen LogP contribution in [0.2, 0.25) is 0 Å². The topological polar surface area (TPSA) is 84.9 Å². The van der Waals surface area contributed by atoms with E-state index in [9.17, 15) is 9.59 Å². The first-order valence-corrected chi connectivity index (χ1v) is 8.41. The zero-order chi connectivity index (χ0) is 17.3. The smallest absolute Gasteiger partial charge is 0.337 e. The van der Waals surface area contributed by atoms with Crippen molar-refractivity contribution < 1.29 is 9.53 Å². The van der Waals surface area contributed by atoms with Crippen LogP contribution in [0.4, 0.5) is 0 Å². The summed E-state index contributed by atoms with van der Waals surface area (Å²) in [5.41, 5.74) is 1.47. The van der Waals surface area contributed by atoms with Crippen LogP contribution >= 0.6 is 11.3 Å². The molecular formula is C17H17N3O3S. The Labute approximate surface area is 142 Å². The van der Waals surface area contributed by atoms with Crippen molar-refractivity contribution >= 4 is 28.2 Å². The first kappa shape index (κ1) is 16.3. The van der Waals surface area contributed by atoms with E-state index in [1.807, 2.05) is 5.38 Å². The summed E-state index contributed by atoms with van der Waals surface area (Å²) in [6.45, 7) is 4.18. The molecule has 0 spiro atoms. The van der Waals surface area contributed by atoms with Crippen molar-refractivity contribution in [2.45, 2.75) is 26.2 Å². The highest BCUT2D eigenvalue weighted by Gasteiger charge is 2.12. The second-order valence-corrected chi connectivity index (χ2v) is 6.63. The van der Waals surface area contributed by atoms with Gasteiger partial charge >= 0.3 is 5.97 Å². The van der Waals surface area contributed by atoms with Crippen LogP contribution in [0, 0.1) is 0 Å². The van der Waals surface area contributed by atoms with Gasteiger partial charge in [-0.25, -0.2) is 14.8 Å². The number of carbonyl (C=O) groups excluding carboxylic acids is 1. The van der Waals surface area contributed by atoms with E-state index in [4.69, 9.17) is 4.74 Å². The number of fused-ring (bicyclic) bond motifs is 1. The number of thiazole rings is 1. The van der Waals surface area contributed by atoms with Gasteiger partial charge in [0.2, 0.25) is 0 Å². The number of aromatic amines is 1. The highest BCUT2D eigenvalue weighted by atomic mass is 32.1. The maximum Gasteiger partial charge on any atom is 0.337 e. The van der Waals surface area contributed by atoms with Gasteiger partial charge in [0.25, 0.3) is 5.56 Å². The van der Waals surface area contributed by atoms with Crippen LogP contribution in [0.15, 0.2) is 28.4 Å². The molecule has 7 heteroatoms. The van der Waals surface area contributed by atoms with Gasteiger partial charge in [0, 0.05) is 17.7 Å². The minimum absolute atomic E-state index is 0.231. The third-order valence-corrected chi connectivity index (χ3v) is 4.78. The second-order valence-electron chi connectivity index (χ2n) is 5.74. The molecule has 2 aromatic heterocycles. The van der Waals surface area contributed by atoms with E-state index in [1.54, 1.807) is 29.5 Å². The number of H-pyrrole nitrogens is 1. The Morgan fingerprint density at radius 3 is 2.79 bits per heavy atom. The Hall–Kier alpha value is -2.54. The van der Waals surface area contributed by atoms with Gasteiger partial charge < -0.3 is 9.72 Å². The number of esters is 1. The first-order chi connectivity index (χ1) is 11.5. The molecule has 0 amide bonds. The number of nitrogens with zero attached hydrogens (tertiary/aromatic N) is 2. The van der Waals surface area contributed by atoms with Crippen LogP contribution in [0.5, 0.6) is 0 Å². The predicted molar refractivity (Wildman–Crippen MR) is 92.7 cm³/mol. The Kier molecular flexibility index (Phi) is 4.44. The fourth-order valence-corrected chi connectivity index (χ4v) is 3.19.